The summed E-state index contributed by atoms with van der Waals surface area (Å²) in [6, 6.07) is 28.7. The third-order valence-electron chi connectivity index (χ3n) is 5.83. The van der Waals surface area contributed by atoms with Crippen LogP contribution in [-0.2, 0) is 6.54 Å². The predicted octanol–water partition coefficient (Wildman–Crippen LogP) is 5.05. The Labute approximate surface area is 193 Å². The third-order valence-corrected chi connectivity index (χ3v) is 6.18. The van der Waals surface area contributed by atoms with Gasteiger partial charge in [0.25, 0.3) is 0 Å². The number of hydrogen-bond acceptors (Lipinski definition) is 3. The molecule has 1 saturated heterocycles. The van der Waals surface area contributed by atoms with Crippen molar-refractivity contribution in [2.45, 2.75) is 18.6 Å². The van der Waals surface area contributed by atoms with Crippen molar-refractivity contribution in [2.24, 2.45) is 0 Å². The molecular formula is C26H24N4OS. The summed E-state index contributed by atoms with van der Waals surface area (Å²) < 4.78 is 7.55. The number of thiocarbonyl (C=S) groups is 1. The highest BCUT2D eigenvalue weighted by Crippen LogP contribution is 2.40. The molecule has 1 aliphatic rings. The van der Waals surface area contributed by atoms with Crippen LogP contribution in [0.4, 0.5) is 0 Å². The summed E-state index contributed by atoms with van der Waals surface area (Å²) >= 11 is 5.82. The van der Waals surface area contributed by atoms with Crippen molar-refractivity contribution < 1.29 is 4.74 Å². The minimum absolute atomic E-state index is 0.0188. The maximum absolute atomic E-state index is 5.82. The van der Waals surface area contributed by atoms with Gasteiger partial charge in [0.2, 0.25) is 0 Å². The van der Waals surface area contributed by atoms with Crippen LogP contribution in [0.1, 0.15) is 29.0 Å². The molecule has 0 radical (unpaired) electrons. The lowest BCUT2D eigenvalue weighted by molar-refractivity contribution is 0.302. The highest BCUT2D eigenvalue weighted by Gasteiger charge is 2.41. The van der Waals surface area contributed by atoms with E-state index in [4.69, 9.17) is 17.0 Å². The Hall–Kier alpha value is -3.64. The van der Waals surface area contributed by atoms with Crippen molar-refractivity contribution in [1.82, 2.24) is 19.8 Å². The molecule has 0 saturated carbocycles. The largest absolute Gasteiger partial charge is 0.497 e. The van der Waals surface area contributed by atoms with E-state index in [1.807, 2.05) is 36.5 Å². The van der Waals surface area contributed by atoms with Crippen molar-refractivity contribution >= 4 is 17.3 Å². The molecule has 5 nitrogen and oxygen atoms in total. The summed E-state index contributed by atoms with van der Waals surface area (Å²) in [5, 5.41) is 4.27. The SMILES string of the molecule is COc1ccc(-n2cccc2[C@H]2[C@@H](c3ccccn3)NC(=S)N2Cc2ccccc2)cc1. The van der Waals surface area contributed by atoms with Gasteiger partial charge in [-0.25, -0.2) is 0 Å². The van der Waals surface area contributed by atoms with Crippen LogP contribution in [0.5, 0.6) is 5.75 Å². The average Bonchev–Trinajstić information content (AvgIpc) is 3.45. The monoisotopic (exact) mass is 440 g/mol. The number of rotatable bonds is 6. The molecule has 4 aromatic rings. The maximum atomic E-state index is 5.82. The second-order valence-electron chi connectivity index (χ2n) is 7.74. The molecule has 0 spiro atoms. The second kappa shape index (κ2) is 8.85. The molecule has 2 atom stereocenters. The van der Waals surface area contributed by atoms with E-state index in [-0.39, 0.29) is 12.1 Å². The first-order valence-corrected chi connectivity index (χ1v) is 11.0. The fourth-order valence-corrected chi connectivity index (χ4v) is 4.60. The van der Waals surface area contributed by atoms with Crippen molar-refractivity contribution in [1.29, 1.82) is 0 Å². The summed E-state index contributed by atoms with van der Waals surface area (Å²) in [6.07, 6.45) is 3.92. The summed E-state index contributed by atoms with van der Waals surface area (Å²) in [5.41, 5.74) is 4.40. The molecule has 2 aromatic heterocycles. The lowest BCUT2D eigenvalue weighted by Gasteiger charge is -2.29. The molecule has 1 N–H and O–H groups in total. The molecule has 3 heterocycles. The van der Waals surface area contributed by atoms with Crippen molar-refractivity contribution in [3.05, 3.63) is 114 Å². The van der Waals surface area contributed by atoms with E-state index in [2.05, 4.69) is 80.6 Å². The molecule has 0 aliphatic carbocycles. The Bertz CT molecular complexity index is 1190. The standard InChI is InChI=1S/C26H24N4OS/c1-31-21-14-12-20(13-15-21)29-17-7-11-23(29)25-24(22-10-5-6-16-27-22)28-26(32)30(25)18-19-8-3-2-4-9-19/h2-17,24-25H,18H2,1H3,(H,28,32)/t24-,25+/m1/s1. The van der Waals surface area contributed by atoms with E-state index in [1.54, 1.807) is 7.11 Å². The highest BCUT2D eigenvalue weighted by molar-refractivity contribution is 7.80. The first kappa shape index (κ1) is 20.3. The number of methoxy groups -OCH3 is 1. The number of aromatic nitrogens is 2. The van der Waals surface area contributed by atoms with Gasteiger partial charge in [-0.05, 0) is 66.3 Å². The lowest BCUT2D eigenvalue weighted by Crippen LogP contribution is -2.30. The molecule has 1 fully saturated rings. The van der Waals surface area contributed by atoms with Crippen molar-refractivity contribution in [3.63, 3.8) is 0 Å². The van der Waals surface area contributed by atoms with E-state index in [0.717, 1.165) is 27.9 Å². The van der Waals surface area contributed by atoms with E-state index >= 15 is 0 Å². The number of nitrogens with one attached hydrogen (secondary N) is 1. The molecule has 2 aromatic carbocycles. The van der Waals surface area contributed by atoms with E-state index in [9.17, 15) is 0 Å². The molecule has 0 amide bonds. The predicted molar refractivity (Wildman–Crippen MR) is 130 cm³/mol. The maximum Gasteiger partial charge on any atom is 0.170 e. The number of hydrogen-bond donors (Lipinski definition) is 1. The van der Waals surface area contributed by atoms with Gasteiger partial charge in [0.05, 0.1) is 24.9 Å². The van der Waals surface area contributed by atoms with Gasteiger partial charge in [-0.15, -0.1) is 0 Å². The first-order chi connectivity index (χ1) is 15.7. The van der Waals surface area contributed by atoms with Gasteiger partial charge in [-0.3, -0.25) is 4.98 Å². The van der Waals surface area contributed by atoms with Crippen LogP contribution in [0.15, 0.2) is 97.3 Å². The number of ether oxygens (including phenoxy) is 1. The Morgan fingerprint density at radius 3 is 2.44 bits per heavy atom. The van der Waals surface area contributed by atoms with Gasteiger partial charge in [-0.2, -0.15) is 0 Å². The number of nitrogens with zero attached hydrogens (tertiary/aromatic N) is 3. The zero-order valence-corrected chi connectivity index (χ0v) is 18.6. The van der Waals surface area contributed by atoms with Gasteiger partial charge in [0.15, 0.2) is 5.11 Å². The molecular weight excluding hydrogens is 416 g/mol. The Morgan fingerprint density at radius 2 is 1.72 bits per heavy atom. The Morgan fingerprint density at radius 1 is 0.938 bits per heavy atom. The molecule has 0 bridgehead atoms. The summed E-state index contributed by atoms with van der Waals surface area (Å²) in [4.78, 5) is 6.91. The first-order valence-electron chi connectivity index (χ1n) is 10.6. The van der Waals surface area contributed by atoms with Gasteiger partial charge < -0.3 is 19.5 Å². The van der Waals surface area contributed by atoms with Crippen LogP contribution in [-0.4, -0.2) is 26.7 Å². The zero-order valence-electron chi connectivity index (χ0n) is 17.8. The average molecular weight is 441 g/mol. The third kappa shape index (κ3) is 3.85. The number of benzene rings is 2. The molecule has 32 heavy (non-hydrogen) atoms. The van der Waals surface area contributed by atoms with Gasteiger partial charge in [0, 0.05) is 30.3 Å². The minimum Gasteiger partial charge on any atom is -0.497 e. The van der Waals surface area contributed by atoms with Gasteiger partial charge in [0.1, 0.15) is 5.75 Å². The lowest BCUT2D eigenvalue weighted by atomic mass is 10.0. The van der Waals surface area contributed by atoms with Crippen molar-refractivity contribution in [3.8, 4) is 11.4 Å². The minimum atomic E-state index is -0.0562. The van der Waals surface area contributed by atoms with Crippen LogP contribution in [0.25, 0.3) is 5.69 Å². The molecule has 5 rings (SSSR count). The molecule has 6 heteroatoms. The topological polar surface area (TPSA) is 42.3 Å². The fourth-order valence-electron chi connectivity index (χ4n) is 4.29. The molecule has 0 unspecified atom stereocenters. The Kier molecular flexibility index (Phi) is 5.60. The zero-order chi connectivity index (χ0) is 21.9. The van der Waals surface area contributed by atoms with Crippen LogP contribution >= 0.6 is 12.2 Å². The summed E-state index contributed by atoms with van der Waals surface area (Å²) in [5.74, 6) is 0.836. The van der Waals surface area contributed by atoms with Gasteiger partial charge >= 0.3 is 0 Å². The van der Waals surface area contributed by atoms with Crippen LogP contribution in [0.3, 0.4) is 0 Å². The van der Waals surface area contributed by atoms with E-state index in [1.165, 1.54) is 5.56 Å². The Balaban J connectivity index is 1.58. The van der Waals surface area contributed by atoms with Crippen molar-refractivity contribution in [2.75, 3.05) is 7.11 Å². The fraction of sp³-hybridized carbons (Fsp3) is 0.154. The van der Waals surface area contributed by atoms with Gasteiger partial charge in [-0.1, -0.05) is 36.4 Å². The van der Waals surface area contributed by atoms with Crippen LogP contribution < -0.4 is 10.1 Å². The van der Waals surface area contributed by atoms with E-state index < -0.39 is 0 Å². The quantitative estimate of drug-likeness (QED) is 0.425. The summed E-state index contributed by atoms with van der Waals surface area (Å²) in [7, 11) is 1.68. The van der Waals surface area contributed by atoms with Crippen LogP contribution in [0.2, 0.25) is 0 Å². The number of pyridine rings is 1. The highest BCUT2D eigenvalue weighted by atomic mass is 32.1. The smallest absolute Gasteiger partial charge is 0.170 e. The van der Waals surface area contributed by atoms with Crippen LogP contribution in [0, 0.1) is 0 Å². The summed E-state index contributed by atoms with van der Waals surface area (Å²) in [6.45, 7) is 0.717. The van der Waals surface area contributed by atoms with E-state index in [0.29, 0.717) is 6.54 Å². The molecule has 160 valence electrons. The normalized spacial score (nSPS) is 17.9. The second-order valence-corrected chi connectivity index (χ2v) is 8.13. The molecule has 1 aliphatic heterocycles.